The molecule has 0 aliphatic heterocycles. The molecule has 84 valence electrons. The van der Waals surface area contributed by atoms with E-state index in [0.717, 1.165) is 18.5 Å². The normalized spacial score (nSPS) is 11.5. The molecule has 1 aromatic rings. The van der Waals surface area contributed by atoms with Gasteiger partial charge in [-0.1, -0.05) is 12.1 Å². The van der Waals surface area contributed by atoms with Crippen molar-refractivity contribution >= 4 is 0 Å². The SMILES string of the molecule is CNCCc1ccc(OC(F)(F)F)cc1. The fraction of sp³-hybridized carbons (Fsp3) is 0.400. The zero-order valence-electron chi connectivity index (χ0n) is 8.27. The second-order valence-electron chi connectivity index (χ2n) is 3.05. The molecular formula is C10H12F3NO. The molecule has 0 radical (unpaired) electrons. The van der Waals surface area contributed by atoms with Crippen LogP contribution in [0.4, 0.5) is 13.2 Å². The van der Waals surface area contributed by atoms with E-state index in [1.165, 1.54) is 12.1 Å². The van der Waals surface area contributed by atoms with Crippen molar-refractivity contribution in [1.29, 1.82) is 0 Å². The number of halogens is 3. The highest BCUT2D eigenvalue weighted by Crippen LogP contribution is 2.22. The third kappa shape index (κ3) is 4.69. The van der Waals surface area contributed by atoms with Crippen molar-refractivity contribution in [2.24, 2.45) is 0 Å². The first-order chi connectivity index (χ1) is 7.01. The van der Waals surface area contributed by atoms with E-state index in [1.54, 1.807) is 12.1 Å². The van der Waals surface area contributed by atoms with Crippen molar-refractivity contribution in [2.45, 2.75) is 12.8 Å². The average Bonchev–Trinajstić information content (AvgIpc) is 2.14. The maximum absolute atomic E-state index is 11.8. The topological polar surface area (TPSA) is 21.3 Å². The number of hydrogen-bond donors (Lipinski definition) is 1. The van der Waals surface area contributed by atoms with Crippen molar-refractivity contribution < 1.29 is 17.9 Å². The van der Waals surface area contributed by atoms with Crippen LogP contribution < -0.4 is 10.1 Å². The van der Waals surface area contributed by atoms with Crippen LogP contribution in [0, 0.1) is 0 Å². The van der Waals surface area contributed by atoms with Crippen LogP contribution in [-0.4, -0.2) is 20.0 Å². The summed E-state index contributed by atoms with van der Waals surface area (Å²) in [6.45, 7) is 0.791. The molecule has 0 amide bonds. The summed E-state index contributed by atoms with van der Waals surface area (Å²) in [5.74, 6) is -0.185. The van der Waals surface area contributed by atoms with E-state index in [-0.39, 0.29) is 5.75 Å². The van der Waals surface area contributed by atoms with Gasteiger partial charge in [-0.3, -0.25) is 0 Å². The second kappa shape index (κ2) is 5.02. The highest BCUT2D eigenvalue weighted by molar-refractivity contribution is 5.27. The molecule has 0 saturated carbocycles. The van der Waals surface area contributed by atoms with Gasteiger partial charge in [-0.15, -0.1) is 13.2 Å². The molecule has 0 spiro atoms. The van der Waals surface area contributed by atoms with Gasteiger partial charge in [0.25, 0.3) is 0 Å². The maximum atomic E-state index is 11.8. The summed E-state index contributed by atoms with van der Waals surface area (Å²) < 4.78 is 39.2. The van der Waals surface area contributed by atoms with Gasteiger partial charge >= 0.3 is 6.36 Å². The first kappa shape index (κ1) is 11.8. The molecular weight excluding hydrogens is 207 g/mol. The lowest BCUT2D eigenvalue weighted by molar-refractivity contribution is -0.274. The quantitative estimate of drug-likeness (QED) is 0.839. The highest BCUT2D eigenvalue weighted by Gasteiger charge is 2.30. The number of likely N-dealkylation sites (N-methyl/N-ethyl adjacent to an activating group) is 1. The number of ether oxygens (including phenoxy) is 1. The molecule has 0 saturated heterocycles. The fourth-order valence-corrected chi connectivity index (χ4v) is 1.13. The van der Waals surface area contributed by atoms with Gasteiger partial charge in [0.15, 0.2) is 0 Å². The van der Waals surface area contributed by atoms with Crippen LogP contribution in [0.2, 0.25) is 0 Å². The summed E-state index contributed by atoms with van der Waals surface area (Å²) in [7, 11) is 1.82. The third-order valence-corrected chi connectivity index (χ3v) is 1.82. The van der Waals surface area contributed by atoms with E-state index in [2.05, 4.69) is 10.1 Å². The van der Waals surface area contributed by atoms with Gasteiger partial charge in [-0.05, 0) is 37.7 Å². The van der Waals surface area contributed by atoms with E-state index in [0.29, 0.717) is 0 Å². The molecule has 0 aromatic heterocycles. The summed E-state index contributed by atoms with van der Waals surface area (Å²) in [4.78, 5) is 0. The lowest BCUT2D eigenvalue weighted by Crippen LogP contribution is -2.17. The van der Waals surface area contributed by atoms with Crippen molar-refractivity contribution in [1.82, 2.24) is 5.32 Å². The predicted molar refractivity (Wildman–Crippen MR) is 50.8 cm³/mol. The Bertz CT molecular complexity index is 295. The minimum atomic E-state index is -4.62. The Morgan fingerprint density at radius 2 is 1.80 bits per heavy atom. The maximum Gasteiger partial charge on any atom is 0.573 e. The minimum absolute atomic E-state index is 0.185. The lowest BCUT2D eigenvalue weighted by atomic mass is 10.1. The molecule has 0 atom stereocenters. The Morgan fingerprint density at radius 1 is 1.20 bits per heavy atom. The van der Waals surface area contributed by atoms with Crippen LogP contribution in [0.25, 0.3) is 0 Å². The molecule has 1 rings (SSSR count). The van der Waals surface area contributed by atoms with Gasteiger partial charge in [-0.2, -0.15) is 0 Å². The van der Waals surface area contributed by atoms with Gasteiger partial charge in [0.2, 0.25) is 0 Å². The van der Waals surface area contributed by atoms with Crippen LogP contribution in [0.5, 0.6) is 5.75 Å². The Labute approximate surface area is 86.1 Å². The minimum Gasteiger partial charge on any atom is -0.406 e. The molecule has 0 heterocycles. The van der Waals surface area contributed by atoms with Crippen LogP contribution in [0.1, 0.15) is 5.56 Å². The number of nitrogens with one attached hydrogen (secondary N) is 1. The molecule has 15 heavy (non-hydrogen) atoms. The molecule has 0 unspecified atom stereocenters. The summed E-state index contributed by atoms with van der Waals surface area (Å²) in [6, 6.07) is 5.88. The zero-order valence-corrected chi connectivity index (χ0v) is 8.27. The largest absolute Gasteiger partial charge is 0.573 e. The molecule has 0 aliphatic rings. The van der Waals surface area contributed by atoms with Gasteiger partial charge in [0, 0.05) is 0 Å². The van der Waals surface area contributed by atoms with Gasteiger partial charge in [-0.25, -0.2) is 0 Å². The summed E-state index contributed by atoms with van der Waals surface area (Å²) in [5, 5.41) is 2.96. The first-order valence-electron chi connectivity index (χ1n) is 4.50. The second-order valence-corrected chi connectivity index (χ2v) is 3.05. The fourth-order valence-electron chi connectivity index (χ4n) is 1.13. The first-order valence-corrected chi connectivity index (χ1v) is 4.50. The number of rotatable bonds is 4. The molecule has 0 aliphatic carbocycles. The van der Waals surface area contributed by atoms with Crippen LogP contribution in [-0.2, 0) is 6.42 Å². The molecule has 0 bridgehead atoms. The Morgan fingerprint density at radius 3 is 2.27 bits per heavy atom. The molecule has 1 N–H and O–H groups in total. The summed E-state index contributed by atoms with van der Waals surface area (Å²) >= 11 is 0. The number of benzene rings is 1. The average molecular weight is 219 g/mol. The van der Waals surface area contributed by atoms with E-state index in [9.17, 15) is 13.2 Å². The van der Waals surface area contributed by atoms with Gasteiger partial charge in [0.1, 0.15) is 5.75 Å². The number of hydrogen-bond acceptors (Lipinski definition) is 2. The standard InChI is InChI=1S/C10H12F3NO/c1-14-7-6-8-2-4-9(5-3-8)15-10(11,12)13/h2-5,14H,6-7H2,1H3. The van der Waals surface area contributed by atoms with E-state index in [1.807, 2.05) is 7.05 Å². The van der Waals surface area contributed by atoms with Crippen LogP contribution >= 0.6 is 0 Å². The Hall–Kier alpha value is -1.23. The van der Waals surface area contributed by atoms with Gasteiger partial charge in [0.05, 0.1) is 0 Å². The van der Waals surface area contributed by atoms with Crippen LogP contribution in [0.15, 0.2) is 24.3 Å². The van der Waals surface area contributed by atoms with Gasteiger partial charge < -0.3 is 10.1 Å². The molecule has 2 nitrogen and oxygen atoms in total. The van der Waals surface area contributed by atoms with Crippen LogP contribution in [0.3, 0.4) is 0 Å². The van der Waals surface area contributed by atoms with Crippen molar-refractivity contribution in [3.05, 3.63) is 29.8 Å². The van der Waals surface area contributed by atoms with Crippen molar-refractivity contribution in [2.75, 3.05) is 13.6 Å². The van der Waals surface area contributed by atoms with E-state index in [4.69, 9.17) is 0 Å². The number of alkyl halides is 3. The van der Waals surface area contributed by atoms with E-state index >= 15 is 0 Å². The highest BCUT2D eigenvalue weighted by atomic mass is 19.4. The smallest absolute Gasteiger partial charge is 0.406 e. The van der Waals surface area contributed by atoms with E-state index < -0.39 is 6.36 Å². The molecule has 0 fully saturated rings. The predicted octanol–water partition coefficient (Wildman–Crippen LogP) is 2.35. The summed E-state index contributed by atoms with van der Waals surface area (Å²) in [5.41, 5.74) is 0.971. The molecule has 5 heteroatoms. The monoisotopic (exact) mass is 219 g/mol. The summed E-state index contributed by atoms with van der Waals surface area (Å²) in [6.07, 6.45) is -3.84. The van der Waals surface area contributed by atoms with Crippen molar-refractivity contribution in [3.8, 4) is 5.75 Å². The van der Waals surface area contributed by atoms with Crippen molar-refractivity contribution in [3.63, 3.8) is 0 Å². The Kier molecular flexibility index (Phi) is 3.96. The molecule has 1 aromatic carbocycles. The lowest BCUT2D eigenvalue weighted by Gasteiger charge is -2.09. The zero-order chi connectivity index (χ0) is 11.3. The Balaban J connectivity index is 2.56. The third-order valence-electron chi connectivity index (χ3n) is 1.82.